The predicted molar refractivity (Wildman–Crippen MR) is 132 cm³/mol. The quantitative estimate of drug-likeness (QED) is 0.149. The number of nitrogens with one attached hydrogen (secondary N) is 2. The normalized spacial score (nSPS) is 11.7. The maximum atomic E-state index is 11.7. The van der Waals surface area contributed by atoms with Crippen LogP contribution in [0, 0.1) is 10.8 Å². The van der Waals surface area contributed by atoms with Crippen molar-refractivity contribution in [2.45, 2.75) is 68.2 Å². The Morgan fingerprint density at radius 2 is 0.914 bits per heavy atom. The summed E-state index contributed by atoms with van der Waals surface area (Å²) in [6.07, 6.45) is 3.73. The van der Waals surface area contributed by atoms with Gasteiger partial charge in [0.05, 0.1) is 12.5 Å². The standard InChI is InChI=1S/2C12H22N2O3.Co/c2*1-5-14(6-2)13-11(17)9-12(3,4)10(16)7-8-15;/h2*7-8,15H,5-6,9H2,1-4H3,(H,13,17);/b2*8-7-;. The van der Waals surface area contributed by atoms with Gasteiger partial charge in [-0.25, -0.2) is 10.0 Å². The smallest absolute Gasteiger partial charge is 0.235 e. The van der Waals surface area contributed by atoms with Gasteiger partial charge in [-0.1, -0.05) is 55.4 Å². The summed E-state index contributed by atoms with van der Waals surface area (Å²) in [7, 11) is 0. The Bertz CT molecular complexity index is 655. The van der Waals surface area contributed by atoms with Crippen LogP contribution in [-0.4, -0.2) is 69.8 Å². The molecule has 0 atom stereocenters. The zero-order valence-electron chi connectivity index (χ0n) is 22.3. The van der Waals surface area contributed by atoms with Crippen LogP contribution >= 0.6 is 0 Å². The van der Waals surface area contributed by atoms with E-state index in [1.165, 1.54) is 0 Å². The van der Waals surface area contributed by atoms with Crippen molar-refractivity contribution in [2.24, 2.45) is 10.8 Å². The number of allylic oxidation sites excluding steroid dienone is 2. The van der Waals surface area contributed by atoms with E-state index in [1.807, 2.05) is 27.7 Å². The number of carbonyl (C=O) groups excluding carboxylic acids is 4. The van der Waals surface area contributed by atoms with Crippen LogP contribution in [0.2, 0.25) is 0 Å². The van der Waals surface area contributed by atoms with E-state index in [2.05, 4.69) is 10.9 Å². The van der Waals surface area contributed by atoms with Crippen LogP contribution in [-0.2, 0) is 36.0 Å². The Labute approximate surface area is 220 Å². The molecule has 0 saturated carbocycles. The second-order valence-electron chi connectivity index (χ2n) is 8.90. The average molecular weight is 544 g/mol. The van der Waals surface area contributed by atoms with E-state index in [0.29, 0.717) is 38.7 Å². The molecule has 4 N–H and O–H groups in total. The number of nitrogens with zero attached hydrogens (tertiary/aromatic N) is 2. The van der Waals surface area contributed by atoms with Crippen LogP contribution in [0.25, 0.3) is 0 Å². The zero-order chi connectivity index (χ0) is 26.9. The number of aliphatic hydroxyl groups is 2. The van der Waals surface area contributed by atoms with E-state index in [4.69, 9.17) is 10.2 Å². The molecular weight excluding hydrogens is 499 g/mol. The molecule has 0 bridgehead atoms. The van der Waals surface area contributed by atoms with Crippen LogP contribution in [0.1, 0.15) is 68.2 Å². The molecule has 0 aromatic heterocycles. The molecule has 0 unspecified atom stereocenters. The van der Waals surface area contributed by atoms with Gasteiger partial charge in [-0.05, 0) is 0 Å². The molecule has 10 nitrogen and oxygen atoms in total. The fourth-order valence-corrected chi connectivity index (χ4v) is 2.76. The summed E-state index contributed by atoms with van der Waals surface area (Å²) >= 11 is 0. The van der Waals surface area contributed by atoms with E-state index >= 15 is 0 Å². The van der Waals surface area contributed by atoms with Gasteiger partial charge in [0, 0.05) is 78.8 Å². The van der Waals surface area contributed by atoms with E-state index in [0.717, 1.165) is 12.2 Å². The van der Waals surface area contributed by atoms with Crippen molar-refractivity contribution in [3.05, 3.63) is 24.7 Å². The van der Waals surface area contributed by atoms with Gasteiger partial charge in [0.1, 0.15) is 0 Å². The third-order valence-corrected chi connectivity index (χ3v) is 5.08. The molecular formula is C24H44CoN4O6. The SMILES string of the molecule is CCN(CC)NC(=O)CC(C)(C)C(=O)/C=C\O.CCN(CC)NC(=O)CC(C)(C)C(=O)/C=C\O.[Co]. The van der Waals surface area contributed by atoms with Crippen molar-refractivity contribution in [2.75, 3.05) is 26.2 Å². The van der Waals surface area contributed by atoms with Crippen LogP contribution < -0.4 is 10.9 Å². The Hall–Kier alpha value is -2.21. The molecule has 1 radical (unpaired) electrons. The first kappa shape index (κ1) is 37.3. The molecule has 11 heteroatoms. The van der Waals surface area contributed by atoms with Gasteiger partial charge in [0.2, 0.25) is 11.8 Å². The molecule has 0 saturated heterocycles. The third-order valence-electron chi connectivity index (χ3n) is 5.08. The molecule has 35 heavy (non-hydrogen) atoms. The van der Waals surface area contributed by atoms with Crippen molar-refractivity contribution >= 4 is 23.4 Å². The topological polar surface area (TPSA) is 139 Å². The number of carbonyl (C=O) groups is 4. The van der Waals surface area contributed by atoms with Crippen molar-refractivity contribution in [1.82, 2.24) is 20.9 Å². The minimum atomic E-state index is -0.809. The minimum Gasteiger partial charge on any atom is -0.515 e. The van der Waals surface area contributed by atoms with Gasteiger partial charge in [-0.2, -0.15) is 0 Å². The number of hydrogen-bond acceptors (Lipinski definition) is 8. The van der Waals surface area contributed by atoms with Crippen LogP contribution in [0.5, 0.6) is 0 Å². The number of aliphatic hydroxyl groups excluding tert-OH is 2. The largest absolute Gasteiger partial charge is 0.515 e. The maximum Gasteiger partial charge on any atom is 0.235 e. The molecule has 0 aromatic carbocycles. The van der Waals surface area contributed by atoms with Gasteiger partial charge in [0.15, 0.2) is 11.6 Å². The molecule has 0 aliphatic heterocycles. The summed E-state index contributed by atoms with van der Waals surface area (Å²) in [4.78, 5) is 46.6. The number of ketones is 2. The van der Waals surface area contributed by atoms with Gasteiger partial charge in [-0.3, -0.25) is 30.0 Å². The van der Waals surface area contributed by atoms with E-state index in [-0.39, 0.29) is 53.0 Å². The number of rotatable bonds is 14. The van der Waals surface area contributed by atoms with Crippen molar-refractivity contribution in [3.8, 4) is 0 Å². The van der Waals surface area contributed by atoms with Crippen molar-refractivity contribution in [3.63, 3.8) is 0 Å². The molecule has 0 aliphatic carbocycles. The zero-order valence-corrected chi connectivity index (χ0v) is 23.3. The number of amides is 2. The van der Waals surface area contributed by atoms with Gasteiger partial charge >= 0.3 is 0 Å². The monoisotopic (exact) mass is 543 g/mol. The summed E-state index contributed by atoms with van der Waals surface area (Å²) < 4.78 is 0. The first-order chi connectivity index (χ1) is 15.7. The van der Waals surface area contributed by atoms with Crippen molar-refractivity contribution < 1.29 is 46.2 Å². The Morgan fingerprint density at radius 1 is 0.657 bits per heavy atom. The molecule has 0 aliphatic rings. The van der Waals surface area contributed by atoms with E-state index < -0.39 is 10.8 Å². The van der Waals surface area contributed by atoms with Gasteiger partial charge in [0.25, 0.3) is 0 Å². The Kier molecular flexibility index (Phi) is 20.3. The van der Waals surface area contributed by atoms with Crippen molar-refractivity contribution in [1.29, 1.82) is 0 Å². The van der Waals surface area contributed by atoms with Gasteiger partial charge < -0.3 is 10.2 Å². The second-order valence-corrected chi connectivity index (χ2v) is 8.90. The van der Waals surface area contributed by atoms with Gasteiger partial charge in [-0.15, -0.1) is 0 Å². The predicted octanol–water partition coefficient (Wildman–Crippen LogP) is 2.83. The minimum absolute atomic E-state index is 0. The molecule has 0 fully saturated rings. The molecule has 2 amide bonds. The van der Waals surface area contributed by atoms with E-state index in [1.54, 1.807) is 37.7 Å². The molecule has 0 aromatic rings. The number of hydrazine groups is 2. The molecule has 0 heterocycles. The fraction of sp³-hybridized carbons (Fsp3) is 0.667. The summed E-state index contributed by atoms with van der Waals surface area (Å²) in [6.45, 7) is 17.3. The van der Waals surface area contributed by atoms with Crippen LogP contribution in [0.3, 0.4) is 0 Å². The Morgan fingerprint density at radius 3 is 1.11 bits per heavy atom. The van der Waals surface area contributed by atoms with E-state index in [9.17, 15) is 19.2 Å². The molecule has 205 valence electrons. The number of hydrogen-bond donors (Lipinski definition) is 4. The molecule has 0 rings (SSSR count). The first-order valence-electron chi connectivity index (χ1n) is 11.5. The summed E-state index contributed by atoms with van der Waals surface area (Å²) in [6, 6.07) is 0. The maximum absolute atomic E-state index is 11.7. The average Bonchev–Trinajstić information content (AvgIpc) is 2.75. The summed E-state index contributed by atoms with van der Waals surface area (Å²) in [5.74, 6) is -0.929. The van der Waals surface area contributed by atoms with Crippen LogP contribution in [0.4, 0.5) is 0 Å². The summed E-state index contributed by atoms with van der Waals surface area (Å²) in [5, 5.41) is 20.6. The summed E-state index contributed by atoms with van der Waals surface area (Å²) in [5.41, 5.74) is 3.83. The van der Waals surface area contributed by atoms with Crippen LogP contribution in [0.15, 0.2) is 24.7 Å². The third kappa shape index (κ3) is 16.2. The molecule has 0 spiro atoms. The first-order valence-corrected chi connectivity index (χ1v) is 11.5. The Balaban J connectivity index is -0.000000569. The fourth-order valence-electron chi connectivity index (χ4n) is 2.76. The second kappa shape index (κ2) is 19.0.